The number of likely N-dealkylation sites (tertiary alicyclic amines) is 1. The van der Waals surface area contributed by atoms with Gasteiger partial charge in [-0.05, 0) is 24.1 Å². The Morgan fingerprint density at radius 3 is 2.60 bits per heavy atom. The van der Waals surface area contributed by atoms with Crippen LogP contribution in [-0.4, -0.2) is 29.1 Å². The molecule has 0 spiro atoms. The molecule has 2 N–H and O–H groups in total. The van der Waals surface area contributed by atoms with E-state index in [4.69, 9.17) is 0 Å². The first kappa shape index (κ1) is 13.0. The number of para-hydroxylation sites is 2. The molecule has 0 unspecified atom stereocenters. The van der Waals surface area contributed by atoms with Gasteiger partial charge in [0.1, 0.15) is 5.75 Å². The first-order valence-corrected chi connectivity index (χ1v) is 7.12. The normalized spacial score (nSPS) is 19.1. The SMILES string of the molecule is Oc1ccccc1N[C@H]1CCN(Cc2ccccc2)C1. The van der Waals surface area contributed by atoms with Crippen molar-refractivity contribution in [2.24, 2.45) is 0 Å². The lowest BCUT2D eigenvalue weighted by Gasteiger charge is -2.18. The van der Waals surface area contributed by atoms with Crippen LogP contribution >= 0.6 is 0 Å². The van der Waals surface area contributed by atoms with Crippen molar-refractivity contribution in [1.82, 2.24) is 4.90 Å². The predicted molar refractivity (Wildman–Crippen MR) is 81.9 cm³/mol. The van der Waals surface area contributed by atoms with Crippen LogP contribution in [0.25, 0.3) is 0 Å². The van der Waals surface area contributed by atoms with E-state index in [1.54, 1.807) is 6.07 Å². The zero-order valence-electron chi connectivity index (χ0n) is 11.5. The molecular formula is C17H20N2O. The molecule has 1 heterocycles. The van der Waals surface area contributed by atoms with Crippen LogP contribution in [0.3, 0.4) is 0 Å². The highest BCUT2D eigenvalue weighted by Crippen LogP contribution is 2.25. The number of phenolic OH excluding ortho intramolecular Hbond substituents is 1. The first-order valence-electron chi connectivity index (χ1n) is 7.12. The number of hydrogen-bond acceptors (Lipinski definition) is 3. The lowest BCUT2D eigenvalue weighted by Crippen LogP contribution is -2.25. The van der Waals surface area contributed by atoms with E-state index in [9.17, 15) is 5.11 Å². The van der Waals surface area contributed by atoms with Gasteiger partial charge in [-0.15, -0.1) is 0 Å². The van der Waals surface area contributed by atoms with Crippen molar-refractivity contribution in [1.29, 1.82) is 0 Å². The highest BCUT2D eigenvalue weighted by atomic mass is 16.3. The average Bonchev–Trinajstić information content (AvgIpc) is 2.90. The molecule has 0 amide bonds. The maximum atomic E-state index is 9.80. The minimum Gasteiger partial charge on any atom is -0.506 e. The molecule has 104 valence electrons. The molecule has 1 aliphatic rings. The Labute approximate surface area is 119 Å². The van der Waals surface area contributed by atoms with E-state index in [0.717, 1.165) is 31.7 Å². The average molecular weight is 268 g/mol. The Morgan fingerprint density at radius 2 is 1.80 bits per heavy atom. The van der Waals surface area contributed by atoms with Gasteiger partial charge in [-0.3, -0.25) is 4.90 Å². The minimum atomic E-state index is 0.328. The van der Waals surface area contributed by atoms with E-state index in [1.165, 1.54) is 5.56 Å². The molecule has 3 heteroatoms. The molecule has 0 aromatic heterocycles. The standard InChI is InChI=1S/C17H20N2O/c20-17-9-5-4-8-16(17)18-15-10-11-19(13-15)12-14-6-2-1-3-7-14/h1-9,15,18,20H,10-13H2/t15-/m0/s1. The summed E-state index contributed by atoms with van der Waals surface area (Å²) >= 11 is 0. The molecule has 20 heavy (non-hydrogen) atoms. The molecule has 3 nitrogen and oxygen atoms in total. The fourth-order valence-electron chi connectivity index (χ4n) is 2.75. The Kier molecular flexibility index (Phi) is 3.88. The second kappa shape index (κ2) is 5.97. The summed E-state index contributed by atoms with van der Waals surface area (Å²) < 4.78 is 0. The Morgan fingerprint density at radius 1 is 1.05 bits per heavy atom. The summed E-state index contributed by atoms with van der Waals surface area (Å²) in [5, 5.41) is 13.2. The van der Waals surface area contributed by atoms with Crippen molar-refractivity contribution < 1.29 is 5.11 Å². The summed E-state index contributed by atoms with van der Waals surface area (Å²) in [6.45, 7) is 3.11. The summed E-state index contributed by atoms with van der Waals surface area (Å²) in [4.78, 5) is 2.45. The molecule has 1 aliphatic heterocycles. The Bertz CT molecular complexity index is 556. The monoisotopic (exact) mass is 268 g/mol. The zero-order valence-corrected chi connectivity index (χ0v) is 11.5. The summed E-state index contributed by atoms with van der Waals surface area (Å²) in [6.07, 6.45) is 1.11. The fourth-order valence-corrected chi connectivity index (χ4v) is 2.75. The van der Waals surface area contributed by atoms with E-state index in [-0.39, 0.29) is 0 Å². The second-order valence-corrected chi connectivity index (χ2v) is 5.37. The van der Waals surface area contributed by atoms with E-state index in [1.807, 2.05) is 18.2 Å². The molecule has 0 saturated carbocycles. The lowest BCUT2D eigenvalue weighted by atomic mass is 10.2. The van der Waals surface area contributed by atoms with Gasteiger partial charge in [0.25, 0.3) is 0 Å². The van der Waals surface area contributed by atoms with E-state index < -0.39 is 0 Å². The van der Waals surface area contributed by atoms with Crippen molar-refractivity contribution in [3.8, 4) is 5.75 Å². The van der Waals surface area contributed by atoms with Crippen LogP contribution in [0.5, 0.6) is 5.75 Å². The van der Waals surface area contributed by atoms with Crippen molar-refractivity contribution in [3.05, 3.63) is 60.2 Å². The number of benzene rings is 2. The Hall–Kier alpha value is -2.00. The van der Waals surface area contributed by atoms with Crippen molar-refractivity contribution in [2.45, 2.75) is 19.0 Å². The van der Waals surface area contributed by atoms with Crippen LogP contribution in [0.4, 0.5) is 5.69 Å². The quantitative estimate of drug-likeness (QED) is 0.837. The van der Waals surface area contributed by atoms with Crippen molar-refractivity contribution in [3.63, 3.8) is 0 Å². The van der Waals surface area contributed by atoms with Crippen LogP contribution in [0, 0.1) is 0 Å². The van der Waals surface area contributed by atoms with E-state index in [2.05, 4.69) is 40.5 Å². The van der Waals surface area contributed by atoms with Gasteiger partial charge in [-0.25, -0.2) is 0 Å². The Balaban J connectivity index is 1.56. The van der Waals surface area contributed by atoms with Gasteiger partial charge < -0.3 is 10.4 Å². The maximum Gasteiger partial charge on any atom is 0.138 e. The van der Waals surface area contributed by atoms with Crippen LogP contribution in [0.1, 0.15) is 12.0 Å². The van der Waals surface area contributed by atoms with Crippen molar-refractivity contribution >= 4 is 5.69 Å². The number of phenols is 1. The molecule has 2 aromatic rings. The van der Waals surface area contributed by atoms with Crippen LogP contribution < -0.4 is 5.32 Å². The number of rotatable bonds is 4. The molecule has 0 bridgehead atoms. The third kappa shape index (κ3) is 3.11. The molecular weight excluding hydrogens is 248 g/mol. The largest absolute Gasteiger partial charge is 0.506 e. The zero-order chi connectivity index (χ0) is 13.8. The van der Waals surface area contributed by atoms with Gasteiger partial charge in [0.05, 0.1) is 5.69 Å². The first-order chi connectivity index (χ1) is 9.81. The summed E-state index contributed by atoms with van der Waals surface area (Å²) in [5.74, 6) is 0.328. The predicted octanol–water partition coefficient (Wildman–Crippen LogP) is 3.08. The van der Waals surface area contributed by atoms with Gasteiger partial charge >= 0.3 is 0 Å². The van der Waals surface area contributed by atoms with Crippen LogP contribution in [0.2, 0.25) is 0 Å². The highest BCUT2D eigenvalue weighted by molar-refractivity contribution is 5.55. The number of nitrogens with one attached hydrogen (secondary N) is 1. The van der Waals surface area contributed by atoms with Crippen LogP contribution in [0.15, 0.2) is 54.6 Å². The summed E-state index contributed by atoms with van der Waals surface area (Å²) in [6, 6.07) is 18.4. The van der Waals surface area contributed by atoms with E-state index in [0.29, 0.717) is 11.8 Å². The molecule has 3 rings (SSSR count). The second-order valence-electron chi connectivity index (χ2n) is 5.37. The number of anilines is 1. The third-order valence-corrected chi connectivity index (χ3v) is 3.79. The summed E-state index contributed by atoms with van der Waals surface area (Å²) in [7, 11) is 0. The van der Waals surface area contributed by atoms with Crippen molar-refractivity contribution in [2.75, 3.05) is 18.4 Å². The number of hydrogen-bond donors (Lipinski definition) is 2. The highest BCUT2D eigenvalue weighted by Gasteiger charge is 2.22. The van der Waals surface area contributed by atoms with Gasteiger partial charge in [0, 0.05) is 25.7 Å². The molecule has 1 atom stereocenters. The van der Waals surface area contributed by atoms with Gasteiger partial charge in [0.2, 0.25) is 0 Å². The van der Waals surface area contributed by atoms with Gasteiger partial charge in [-0.1, -0.05) is 42.5 Å². The molecule has 1 saturated heterocycles. The number of aromatic hydroxyl groups is 1. The summed E-state index contributed by atoms with van der Waals surface area (Å²) in [5.41, 5.74) is 2.19. The van der Waals surface area contributed by atoms with Gasteiger partial charge in [0.15, 0.2) is 0 Å². The van der Waals surface area contributed by atoms with Gasteiger partial charge in [-0.2, -0.15) is 0 Å². The molecule has 2 aromatic carbocycles. The topological polar surface area (TPSA) is 35.5 Å². The smallest absolute Gasteiger partial charge is 0.138 e. The fraction of sp³-hybridized carbons (Fsp3) is 0.294. The molecule has 1 fully saturated rings. The third-order valence-electron chi connectivity index (χ3n) is 3.79. The van der Waals surface area contributed by atoms with E-state index >= 15 is 0 Å². The maximum absolute atomic E-state index is 9.80. The molecule has 0 aliphatic carbocycles. The number of nitrogens with zero attached hydrogens (tertiary/aromatic N) is 1. The lowest BCUT2D eigenvalue weighted by molar-refractivity contribution is 0.328. The molecule has 0 radical (unpaired) electrons. The van der Waals surface area contributed by atoms with Crippen LogP contribution in [-0.2, 0) is 6.54 Å². The minimum absolute atomic E-state index is 0.328.